The van der Waals surface area contributed by atoms with Crippen LogP contribution < -0.4 is 10.2 Å². The number of nitrogens with one attached hydrogen (secondary N) is 2. The number of benzene rings is 1. The number of aromatic nitrogens is 3. The molecule has 1 aromatic heterocycles. The zero-order chi connectivity index (χ0) is 20.5. The second kappa shape index (κ2) is 10.8. The number of nitrogens with zero attached hydrogens (tertiary/aromatic N) is 4. The summed E-state index contributed by atoms with van der Waals surface area (Å²) in [6.07, 6.45) is 3.10. The highest BCUT2D eigenvalue weighted by Gasteiger charge is 2.25. The highest BCUT2D eigenvalue weighted by atomic mass is 32.2. The van der Waals surface area contributed by atoms with Crippen LogP contribution in [0.1, 0.15) is 50.5 Å². The molecule has 2 aromatic rings. The number of hydrogen-bond acceptors (Lipinski definition) is 5. The lowest BCUT2D eigenvalue weighted by molar-refractivity contribution is -0.893. The van der Waals surface area contributed by atoms with E-state index in [0.29, 0.717) is 11.3 Å². The maximum Gasteiger partial charge on any atom is 0.234 e. The van der Waals surface area contributed by atoms with Crippen LogP contribution in [0.15, 0.2) is 29.4 Å². The van der Waals surface area contributed by atoms with Crippen molar-refractivity contribution in [3.8, 4) is 6.07 Å². The SMILES string of the molecule is CCCCn1c(SCC(=O)Nc2ccccc2C#N)nnc1[C@@H](CC)[NH+](C)C. The Labute approximate surface area is 171 Å². The van der Waals surface area contributed by atoms with Crippen molar-refractivity contribution >= 4 is 23.4 Å². The highest BCUT2D eigenvalue weighted by Crippen LogP contribution is 2.22. The third-order valence-corrected chi connectivity index (χ3v) is 5.52. The Morgan fingerprint density at radius 3 is 2.71 bits per heavy atom. The van der Waals surface area contributed by atoms with Crippen molar-refractivity contribution in [3.05, 3.63) is 35.7 Å². The van der Waals surface area contributed by atoms with Crippen LogP contribution in [0.4, 0.5) is 5.69 Å². The van der Waals surface area contributed by atoms with Gasteiger partial charge in [-0.3, -0.25) is 4.79 Å². The lowest BCUT2D eigenvalue weighted by Crippen LogP contribution is -3.06. The summed E-state index contributed by atoms with van der Waals surface area (Å²) in [6.45, 7) is 5.17. The zero-order valence-corrected chi connectivity index (χ0v) is 17.8. The largest absolute Gasteiger partial charge is 0.331 e. The monoisotopic (exact) mass is 401 g/mol. The molecule has 0 saturated heterocycles. The summed E-state index contributed by atoms with van der Waals surface area (Å²) in [5.74, 6) is 1.04. The minimum Gasteiger partial charge on any atom is -0.331 e. The van der Waals surface area contributed by atoms with Crippen LogP contribution in [0.2, 0.25) is 0 Å². The van der Waals surface area contributed by atoms with Crippen molar-refractivity contribution in [2.75, 3.05) is 25.2 Å². The summed E-state index contributed by atoms with van der Waals surface area (Å²) in [4.78, 5) is 13.7. The molecule has 0 bridgehead atoms. The predicted molar refractivity (Wildman–Crippen MR) is 111 cm³/mol. The molecule has 150 valence electrons. The lowest BCUT2D eigenvalue weighted by atomic mass is 10.2. The van der Waals surface area contributed by atoms with Gasteiger partial charge in [0.2, 0.25) is 5.91 Å². The zero-order valence-electron chi connectivity index (χ0n) is 17.0. The molecule has 0 radical (unpaired) electrons. The lowest BCUT2D eigenvalue weighted by Gasteiger charge is -2.20. The number of unbranched alkanes of at least 4 members (excludes halogenated alkanes) is 1. The van der Waals surface area contributed by atoms with Gasteiger partial charge in [0, 0.05) is 13.0 Å². The van der Waals surface area contributed by atoms with Crippen molar-refractivity contribution in [1.82, 2.24) is 14.8 Å². The number of anilines is 1. The van der Waals surface area contributed by atoms with Gasteiger partial charge in [0.25, 0.3) is 0 Å². The van der Waals surface area contributed by atoms with E-state index in [-0.39, 0.29) is 17.7 Å². The topological polar surface area (TPSA) is 88.0 Å². The number of quaternary nitrogens is 1. The van der Waals surface area contributed by atoms with Crippen LogP contribution in [0.25, 0.3) is 0 Å². The van der Waals surface area contributed by atoms with E-state index in [0.717, 1.165) is 36.8 Å². The molecular formula is C20H29N6OS+. The number of thioether (sulfide) groups is 1. The van der Waals surface area contributed by atoms with Crippen molar-refractivity contribution in [2.45, 2.75) is 50.9 Å². The maximum atomic E-state index is 12.4. The third-order valence-electron chi connectivity index (χ3n) is 4.55. The van der Waals surface area contributed by atoms with Gasteiger partial charge in [-0.2, -0.15) is 5.26 Å². The molecule has 1 aromatic carbocycles. The van der Waals surface area contributed by atoms with Gasteiger partial charge in [0.15, 0.2) is 11.0 Å². The number of rotatable bonds is 10. The van der Waals surface area contributed by atoms with E-state index in [1.165, 1.54) is 16.7 Å². The molecule has 0 aliphatic heterocycles. The van der Waals surface area contributed by atoms with Gasteiger partial charge in [-0.25, -0.2) is 0 Å². The number of amides is 1. The average molecular weight is 402 g/mol. The van der Waals surface area contributed by atoms with E-state index in [1.807, 2.05) is 0 Å². The minimum atomic E-state index is -0.162. The van der Waals surface area contributed by atoms with Crippen molar-refractivity contribution < 1.29 is 9.69 Å². The first kappa shape index (κ1) is 21.9. The first-order valence-corrected chi connectivity index (χ1v) is 10.6. The molecule has 2 rings (SSSR count). The van der Waals surface area contributed by atoms with E-state index >= 15 is 0 Å². The minimum absolute atomic E-state index is 0.162. The Kier molecular flexibility index (Phi) is 8.48. The van der Waals surface area contributed by atoms with Crippen LogP contribution >= 0.6 is 11.8 Å². The molecule has 1 atom stereocenters. The highest BCUT2D eigenvalue weighted by molar-refractivity contribution is 7.99. The molecule has 0 aliphatic rings. The summed E-state index contributed by atoms with van der Waals surface area (Å²) >= 11 is 1.38. The summed E-state index contributed by atoms with van der Waals surface area (Å²) in [5.41, 5.74) is 0.986. The van der Waals surface area contributed by atoms with Crippen molar-refractivity contribution in [1.29, 1.82) is 5.26 Å². The number of hydrogen-bond donors (Lipinski definition) is 2. The maximum absolute atomic E-state index is 12.4. The van der Waals surface area contributed by atoms with Gasteiger partial charge in [-0.1, -0.05) is 44.2 Å². The van der Waals surface area contributed by atoms with E-state index in [1.54, 1.807) is 24.3 Å². The third kappa shape index (κ3) is 5.57. The summed E-state index contributed by atoms with van der Waals surface area (Å²) < 4.78 is 2.16. The molecule has 7 nitrogen and oxygen atoms in total. The number of carbonyl (C=O) groups is 1. The summed E-state index contributed by atoms with van der Waals surface area (Å²) in [5, 5.41) is 21.5. The molecule has 1 heterocycles. The summed E-state index contributed by atoms with van der Waals surface area (Å²) in [7, 11) is 4.25. The Morgan fingerprint density at radius 2 is 2.07 bits per heavy atom. The van der Waals surface area contributed by atoms with E-state index < -0.39 is 0 Å². The molecule has 28 heavy (non-hydrogen) atoms. The Hall–Kier alpha value is -2.37. The van der Waals surface area contributed by atoms with Gasteiger partial charge < -0.3 is 14.8 Å². The second-order valence-corrected chi connectivity index (χ2v) is 7.82. The van der Waals surface area contributed by atoms with E-state index in [9.17, 15) is 4.79 Å². The van der Waals surface area contributed by atoms with Crippen LogP contribution in [-0.2, 0) is 11.3 Å². The molecule has 0 saturated carbocycles. The number of nitriles is 1. The van der Waals surface area contributed by atoms with Crippen LogP contribution in [0.5, 0.6) is 0 Å². The first-order valence-electron chi connectivity index (χ1n) is 9.66. The van der Waals surface area contributed by atoms with Gasteiger partial charge in [0.1, 0.15) is 12.1 Å². The van der Waals surface area contributed by atoms with Gasteiger partial charge in [-0.15, -0.1) is 10.2 Å². The molecule has 2 N–H and O–H groups in total. The standard InChI is InChI=1S/C20H28N6OS/c1-5-7-12-26-19(17(6-2)25(3)4)23-24-20(26)28-14-18(27)22-16-11-9-8-10-15(16)13-21/h8-11,17H,5-7,12,14H2,1-4H3,(H,22,27)/p+1/t17-/m1/s1. The first-order chi connectivity index (χ1) is 13.5. The predicted octanol–water partition coefficient (Wildman–Crippen LogP) is 2.28. The Balaban J connectivity index is 2.11. The molecule has 1 amide bonds. The molecule has 0 aliphatic carbocycles. The fourth-order valence-electron chi connectivity index (χ4n) is 3.05. The molecule has 8 heteroatoms. The van der Waals surface area contributed by atoms with Gasteiger partial charge in [0.05, 0.1) is 31.1 Å². The quantitative estimate of drug-likeness (QED) is 0.596. The molecule has 0 spiro atoms. The molecule has 0 fully saturated rings. The summed E-state index contributed by atoms with van der Waals surface area (Å²) in [6, 6.07) is 9.35. The van der Waals surface area contributed by atoms with Crippen LogP contribution in [0, 0.1) is 11.3 Å². The second-order valence-electron chi connectivity index (χ2n) is 6.88. The Bertz CT molecular complexity index is 826. The van der Waals surface area contributed by atoms with Crippen molar-refractivity contribution in [3.63, 3.8) is 0 Å². The fraction of sp³-hybridized carbons (Fsp3) is 0.500. The molecule has 0 unspecified atom stereocenters. The normalized spacial score (nSPS) is 12.0. The van der Waals surface area contributed by atoms with Crippen LogP contribution in [0.3, 0.4) is 0 Å². The number of carbonyl (C=O) groups excluding carboxylic acids is 1. The van der Waals surface area contributed by atoms with E-state index in [2.05, 4.69) is 54.1 Å². The van der Waals surface area contributed by atoms with Crippen molar-refractivity contribution in [2.24, 2.45) is 0 Å². The van der Waals surface area contributed by atoms with Gasteiger partial charge >= 0.3 is 0 Å². The average Bonchev–Trinajstić information content (AvgIpc) is 3.08. The van der Waals surface area contributed by atoms with E-state index in [4.69, 9.17) is 5.26 Å². The molecular weight excluding hydrogens is 372 g/mol. The number of para-hydroxylation sites is 1. The van der Waals surface area contributed by atoms with Crippen LogP contribution in [-0.4, -0.2) is 40.5 Å². The Morgan fingerprint density at radius 1 is 1.32 bits per heavy atom. The smallest absolute Gasteiger partial charge is 0.234 e. The van der Waals surface area contributed by atoms with Gasteiger partial charge in [-0.05, 0) is 18.6 Å². The fourth-order valence-corrected chi connectivity index (χ4v) is 3.82.